The molecule has 0 saturated carbocycles. The number of fused-ring (bicyclic) bond motifs is 6. The minimum atomic E-state index is -4.71. The smallest absolute Gasteiger partial charge is 0.309 e. The summed E-state index contributed by atoms with van der Waals surface area (Å²) in [6, 6.07) is 49.8. The average molecular weight is 995 g/mol. The first kappa shape index (κ1) is 47.3. The van der Waals surface area contributed by atoms with Crippen LogP contribution in [0.2, 0.25) is 0 Å². The molecule has 0 aliphatic heterocycles. The molecule has 0 saturated heterocycles. The maximum absolute atomic E-state index is 14.0. The summed E-state index contributed by atoms with van der Waals surface area (Å²) in [5.41, 5.74) is 6.89. The molecule has 74 heavy (non-hydrogen) atoms. The molecular formula is C61H35F9N4. The standard InChI is InChI=1S/C61H35F9N4/c1-34-26-40(59(62,63)64)16-19-43(34)37-13-23-56-49(29-37)46-8-4-6-10-53(46)73(56)55-22-12-36(33-71)28-48(55)51-31-39(45-21-18-42(61(68,69)70)32-52(45)72-3)15-25-58(51)74-54-11-7-5-9-47(54)50-30-38(14-24-57(50)74)44-20-17-41(27-35(44)2)60(65,66)67/h4-32H,1-2H3. The summed E-state index contributed by atoms with van der Waals surface area (Å²) in [6.45, 7) is 11.3. The highest BCUT2D eigenvalue weighted by molar-refractivity contribution is 6.13. The molecule has 0 amide bonds. The largest absolute Gasteiger partial charge is 0.416 e. The highest BCUT2D eigenvalue weighted by atomic mass is 19.4. The molecule has 0 aliphatic rings. The Balaban J connectivity index is 1.18. The van der Waals surface area contributed by atoms with Gasteiger partial charge in [0.25, 0.3) is 0 Å². The molecule has 0 bridgehead atoms. The van der Waals surface area contributed by atoms with Crippen LogP contribution in [0.15, 0.2) is 176 Å². The molecule has 11 rings (SSSR count). The van der Waals surface area contributed by atoms with Crippen LogP contribution in [-0.4, -0.2) is 9.13 Å². The Labute approximate surface area is 416 Å². The van der Waals surface area contributed by atoms with E-state index in [0.717, 1.165) is 74.5 Å². The molecule has 0 N–H and O–H groups in total. The summed E-state index contributed by atoms with van der Waals surface area (Å²) >= 11 is 0. The van der Waals surface area contributed by atoms with Crippen molar-refractivity contribution in [2.75, 3.05) is 0 Å². The molecule has 11 aromatic rings. The van der Waals surface area contributed by atoms with Crippen molar-refractivity contribution in [3.05, 3.63) is 221 Å². The number of aryl methyl sites for hydroxylation is 2. The van der Waals surface area contributed by atoms with Crippen molar-refractivity contribution in [2.24, 2.45) is 0 Å². The first-order chi connectivity index (χ1) is 35.3. The van der Waals surface area contributed by atoms with E-state index in [4.69, 9.17) is 6.57 Å². The number of alkyl halides is 9. The molecule has 0 aliphatic carbocycles. The second-order valence-electron chi connectivity index (χ2n) is 18.1. The first-order valence-corrected chi connectivity index (χ1v) is 23.0. The molecule has 0 fully saturated rings. The molecule has 2 heterocycles. The van der Waals surface area contributed by atoms with Gasteiger partial charge in [-0.05, 0) is 155 Å². The Morgan fingerprint density at radius 2 is 0.811 bits per heavy atom. The third-order valence-electron chi connectivity index (χ3n) is 13.7. The van der Waals surface area contributed by atoms with Gasteiger partial charge in [0.2, 0.25) is 0 Å². The van der Waals surface area contributed by atoms with Gasteiger partial charge in [-0.2, -0.15) is 44.8 Å². The van der Waals surface area contributed by atoms with E-state index in [0.29, 0.717) is 67.0 Å². The molecule has 4 nitrogen and oxygen atoms in total. The second kappa shape index (κ2) is 17.3. The SMILES string of the molecule is [C-]#[N+]c1cc(C(F)(F)F)ccc1-c1ccc(-n2c3ccccc3c3cc(-c4ccc(C(F)(F)F)cc4C)ccc32)c(-c2cc(C#N)ccc2-n2c3ccccc3c3cc(-c4ccc(C(F)(F)F)cc4C)ccc32)c1. The molecule has 9 aromatic carbocycles. The minimum absolute atomic E-state index is 0.228. The first-order valence-electron chi connectivity index (χ1n) is 23.0. The lowest BCUT2D eigenvalue weighted by molar-refractivity contribution is -0.138. The van der Waals surface area contributed by atoms with Crippen LogP contribution < -0.4 is 0 Å². The lowest BCUT2D eigenvalue weighted by Crippen LogP contribution is -2.05. The molecule has 0 radical (unpaired) electrons. The van der Waals surface area contributed by atoms with E-state index in [1.54, 1.807) is 38.1 Å². The Kier molecular flexibility index (Phi) is 11.1. The zero-order chi connectivity index (χ0) is 52.0. The fourth-order valence-electron chi connectivity index (χ4n) is 10.3. The van der Waals surface area contributed by atoms with Gasteiger partial charge < -0.3 is 9.13 Å². The van der Waals surface area contributed by atoms with Gasteiger partial charge in [-0.3, -0.25) is 0 Å². The number of hydrogen-bond donors (Lipinski definition) is 0. The Hall–Kier alpha value is -9.07. The maximum atomic E-state index is 14.0. The molecule has 362 valence electrons. The Morgan fingerprint density at radius 3 is 1.27 bits per heavy atom. The highest BCUT2D eigenvalue weighted by Crippen LogP contribution is 2.46. The third-order valence-corrected chi connectivity index (χ3v) is 13.7. The third kappa shape index (κ3) is 7.98. The Morgan fingerprint density at radius 1 is 0.405 bits per heavy atom. The van der Waals surface area contributed by atoms with E-state index in [-0.39, 0.29) is 16.8 Å². The van der Waals surface area contributed by atoms with Crippen LogP contribution in [0.3, 0.4) is 0 Å². The van der Waals surface area contributed by atoms with Gasteiger partial charge in [0.05, 0.1) is 62.8 Å². The van der Waals surface area contributed by atoms with E-state index in [2.05, 4.69) is 10.9 Å². The van der Waals surface area contributed by atoms with Crippen LogP contribution in [0.4, 0.5) is 45.2 Å². The lowest BCUT2D eigenvalue weighted by atomic mass is 9.93. The highest BCUT2D eigenvalue weighted by Gasteiger charge is 2.33. The summed E-state index contributed by atoms with van der Waals surface area (Å²) < 4.78 is 128. The predicted octanol–water partition coefficient (Wildman–Crippen LogP) is 18.6. The van der Waals surface area contributed by atoms with Gasteiger partial charge in [0.15, 0.2) is 5.69 Å². The topological polar surface area (TPSA) is 38.0 Å². The normalized spacial score (nSPS) is 12.2. The van der Waals surface area contributed by atoms with Gasteiger partial charge in [0.1, 0.15) is 0 Å². The number of rotatable bonds is 6. The summed E-state index contributed by atoms with van der Waals surface area (Å²) in [5.74, 6) is 0. The van der Waals surface area contributed by atoms with Crippen molar-refractivity contribution >= 4 is 49.3 Å². The molecule has 0 spiro atoms. The number of benzene rings is 9. The lowest BCUT2D eigenvalue weighted by Gasteiger charge is -2.20. The van der Waals surface area contributed by atoms with Gasteiger partial charge in [-0.25, -0.2) is 4.85 Å². The van der Waals surface area contributed by atoms with Crippen molar-refractivity contribution in [3.63, 3.8) is 0 Å². The van der Waals surface area contributed by atoms with Gasteiger partial charge >= 0.3 is 18.5 Å². The fraction of sp³-hybridized carbons (Fsp3) is 0.0820. The number of nitrogens with zero attached hydrogens (tertiary/aromatic N) is 4. The summed E-state index contributed by atoms with van der Waals surface area (Å²) in [5, 5.41) is 13.7. The van der Waals surface area contributed by atoms with E-state index < -0.39 is 35.2 Å². The zero-order valence-electron chi connectivity index (χ0n) is 38.9. The van der Waals surface area contributed by atoms with Crippen LogP contribution in [0.5, 0.6) is 0 Å². The van der Waals surface area contributed by atoms with Gasteiger partial charge in [0, 0.05) is 38.2 Å². The summed E-state index contributed by atoms with van der Waals surface area (Å²) in [7, 11) is 0. The van der Waals surface area contributed by atoms with Gasteiger partial charge in [-0.15, -0.1) is 0 Å². The monoisotopic (exact) mass is 994 g/mol. The van der Waals surface area contributed by atoms with Crippen LogP contribution >= 0.6 is 0 Å². The summed E-state index contributed by atoms with van der Waals surface area (Å²) in [4.78, 5) is 3.53. The van der Waals surface area contributed by atoms with E-state index in [1.807, 2.05) is 106 Å². The van der Waals surface area contributed by atoms with Crippen molar-refractivity contribution in [3.8, 4) is 62.0 Å². The molecule has 13 heteroatoms. The quantitative estimate of drug-likeness (QED) is 0.121. The number of halogens is 9. The number of aromatic nitrogens is 2. The molecular weight excluding hydrogens is 960 g/mol. The van der Waals surface area contributed by atoms with E-state index >= 15 is 0 Å². The predicted molar refractivity (Wildman–Crippen MR) is 272 cm³/mol. The van der Waals surface area contributed by atoms with Gasteiger partial charge in [-0.1, -0.05) is 78.9 Å². The van der Waals surface area contributed by atoms with Crippen LogP contribution in [0, 0.1) is 31.8 Å². The number of para-hydroxylation sites is 2. The average Bonchev–Trinajstić information content (AvgIpc) is 3.89. The minimum Gasteiger partial charge on any atom is -0.309 e. The van der Waals surface area contributed by atoms with Crippen molar-refractivity contribution in [1.82, 2.24) is 9.13 Å². The number of nitriles is 1. The van der Waals surface area contributed by atoms with Crippen molar-refractivity contribution in [2.45, 2.75) is 32.4 Å². The second-order valence-corrected chi connectivity index (χ2v) is 18.1. The van der Waals surface area contributed by atoms with E-state index in [9.17, 15) is 44.8 Å². The molecule has 2 aromatic heterocycles. The molecule has 0 atom stereocenters. The Bertz CT molecular complexity index is 4210. The van der Waals surface area contributed by atoms with Crippen LogP contribution in [0.25, 0.3) is 104 Å². The maximum Gasteiger partial charge on any atom is 0.416 e. The fourth-order valence-corrected chi connectivity index (χ4v) is 10.3. The zero-order valence-corrected chi connectivity index (χ0v) is 38.9. The number of hydrogen-bond acceptors (Lipinski definition) is 1. The van der Waals surface area contributed by atoms with E-state index in [1.165, 1.54) is 18.2 Å². The van der Waals surface area contributed by atoms with Crippen molar-refractivity contribution in [1.29, 1.82) is 5.26 Å². The van der Waals surface area contributed by atoms with Crippen LogP contribution in [0.1, 0.15) is 33.4 Å². The molecule has 0 unspecified atom stereocenters. The van der Waals surface area contributed by atoms with Crippen molar-refractivity contribution < 1.29 is 39.5 Å². The van der Waals surface area contributed by atoms with Crippen LogP contribution in [-0.2, 0) is 18.5 Å². The summed E-state index contributed by atoms with van der Waals surface area (Å²) in [6.07, 6.45) is -13.7.